The van der Waals surface area contributed by atoms with E-state index < -0.39 is 17.3 Å². The molecule has 0 aromatic heterocycles. The molecular formula is C12H17FN2O3. The second-order valence-corrected chi connectivity index (χ2v) is 4.36. The molecule has 0 spiro atoms. The highest BCUT2D eigenvalue weighted by Gasteiger charge is 2.23. The quantitative estimate of drug-likeness (QED) is 0.856. The van der Waals surface area contributed by atoms with Crippen LogP contribution >= 0.6 is 0 Å². The highest BCUT2D eigenvalue weighted by Crippen LogP contribution is 2.32. The van der Waals surface area contributed by atoms with Crippen LogP contribution in [0.1, 0.15) is 13.8 Å². The molecule has 0 radical (unpaired) electrons. The standard InChI is InChI=1S/C12H17FN2O3/c1-12(2,14)11(16)15-8-6-10(18-4)9(17-3)5-7(8)13/h5-6H,14H2,1-4H3,(H,15,16). The van der Waals surface area contributed by atoms with Gasteiger partial charge in [-0.2, -0.15) is 0 Å². The van der Waals surface area contributed by atoms with Gasteiger partial charge in [-0.05, 0) is 13.8 Å². The third-order valence-corrected chi connectivity index (χ3v) is 2.31. The van der Waals surface area contributed by atoms with Gasteiger partial charge in [-0.25, -0.2) is 4.39 Å². The average Bonchev–Trinajstić information content (AvgIpc) is 2.29. The van der Waals surface area contributed by atoms with Crippen molar-refractivity contribution in [2.45, 2.75) is 19.4 Å². The summed E-state index contributed by atoms with van der Waals surface area (Å²) in [7, 11) is 2.83. The lowest BCUT2D eigenvalue weighted by molar-refractivity contribution is -0.120. The van der Waals surface area contributed by atoms with Crippen molar-refractivity contribution >= 4 is 11.6 Å². The summed E-state index contributed by atoms with van der Waals surface area (Å²) in [5, 5.41) is 2.40. The Hall–Kier alpha value is -1.82. The molecule has 18 heavy (non-hydrogen) atoms. The Morgan fingerprint density at radius 2 is 1.78 bits per heavy atom. The van der Waals surface area contributed by atoms with E-state index in [4.69, 9.17) is 15.2 Å². The minimum absolute atomic E-state index is 0.00354. The first kappa shape index (κ1) is 14.2. The van der Waals surface area contributed by atoms with Gasteiger partial charge in [-0.15, -0.1) is 0 Å². The van der Waals surface area contributed by atoms with Crippen molar-refractivity contribution in [3.05, 3.63) is 17.9 Å². The molecule has 100 valence electrons. The van der Waals surface area contributed by atoms with Crippen molar-refractivity contribution in [2.24, 2.45) is 5.73 Å². The number of methoxy groups -OCH3 is 2. The van der Waals surface area contributed by atoms with Gasteiger partial charge in [0.05, 0.1) is 25.4 Å². The molecule has 0 aliphatic rings. The van der Waals surface area contributed by atoms with E-state index in [2.05, 4.69) is 5.32 Å². The number of halogens is 1. The summed E-state index contributed by atoms with van der Waals surface area (Å²) in [6.07, 6.45) is 0. The molecule has 0 heterocycles. The fraction of sp³-hybridized carbons (Fsp3) is 0.417. The predicted molar refractivity (Wildman–Crippen MR) is 66.4 cm³/mol. The minimum atomic E-state index is -1.10. The van der Waals surface area contributed by atoms with Gasteiger partial charge in [0, 0.05) is 12.1 Å². The van der Waals surface area contributed by atoms with Crippen LogP contribution in [0.4, 0.5) is 10.1 Å². The van der Waals surface area contributed by atoms with Crippen molar-refractivity contribution in [3.63, 3.8) is 0 Å². The highest BCUT2D eigenvalue weighted by molar-refractivity contribution is 5.97. The van der Waals surface area contributed by atoms with Crippen LogP contribution in [-0.2, 0) is 4.79 Å². The number of hydrogen-bond donors (Lipinski definition) is 2. The van der Waals surface area contributed by atoms with Crippen LogP contribution in [0.2, 0.25) is 0 Å². The van der Waals surface area contributed by atoms with E-state index in [1.807, 2.05) is 0 Å². The zero-order valence-electron chi connectivity index (χ0n) is 10.8. The Kier molecular flexibility index (Phi) is 4.13. The van der Waals surface area contributed by atoms with Crippen LogP contribution in [-0.4, -0.2) is 25.7 Å². The third-order valence-electron chi connectivity index (χ3n) is 2.31. The van der Waals surface area contributed by atoms with Crippen LogP contribution in [0.15, 0.2) is 12.1 Å². The molecule has 0 unspecified atom stereocenters. The number of ether oxygens (including phenoxy) is 2. The molecule has 6 heteroatoms. The minimum Gasteiger partial charge on any atom is -0.493 e. The maximum absolute atomic E-state index is 13.7. The van der Waals surface area contributed by atoms with Gasteiger partial charge in [0.2, 0.25) is 5.91 Å². The summed E-state index contributed by atoms with van der Waals surface area (Å²) in [6.45, 7) is 3.06. The van der Waals surface area contributed by atoms with Crippen molar-refractivity contribution in [1.82, 2.24) is 0 Å². The summed E-state index contributed by atoms with van der Waals surface area (Å²) in [4.78, 5) is 11.7. The summed E-state index contributed by atoms with van der Waals surface area (Å²) < 4.78 is 23.7. The molecule has 1 aromatic carbocycles. The van der Waals surface area contributed by atoms with Crippen LogP contribution in [0.3, 0.4) is 0 Å². The molecule has 0 fully saturated rings. The molecular weight excluding hydrogens is 239 g/mol. The summed E-state index contributed by atoms with van der Waals surface area (Å²) in [5.41, 5.74) is 4.51. The number of anilines is 1. The lowest BCUT2D eigenvalue weighted by atomic mass is 10.1. The number of carbonyl (C=O) groups is 1. The largest absolute Gasteiger partial charge is 0.493 e. The monoisotopic (exact) mass is 256 g/mol. The van der Waals surface area contributed by atoms with Gasteiger partial charge in [-0.1, -0.05) is 0 Å². The zero-order valence-corrected chi connectivity index (χ0v) is 10.8. The van der Waals surface area contributed by atoms with E-state index in [9.17, 15) is 9.18 Å². The molecule has 0 aliphatic heterocycles. The van der Waals surface area contributed by atoms with Crippen molar-refractivity contribution in [3.8, 4) is 11.5 Å². The Balaban J connectivity index is 3.07. The Morgan fingerprint density at radius 1 is 1.28 bits per heavy atom. The lowest BCUT2D eigenvalue weighted by Gasteiger charge is -2.19. The molecule has 0 bridgehead atoms. The molecule has 0 atom stereocenters. The first-order valence-electron chi connectivity index (χ1n) is 5.31. The van der Waals surface area contributed by atoms with Gasteiger partial charge in [0.1, 0.15) is 0 Å². The number of carbonyl (C=O) groups excluding carboxylic acids is 1. The first-order chi connectivity index (χ1) is 8.29. The smallest absolute Gasteiger partial charge is 0.243 e. The van der Waals surface area contributed by atoms with E-state index in [0.717, 1.165) is 6.07 Å². The number of nitrogens with two attached hydrogens (primary N) is 1. The Morgan fingerprint density at radius 3 is 2.22 bits per heavy atom. The van der Waals surface area contributed by atoms with Crippen molar-refractivity contribution < 1.29 is 18.7 Å². The van der Waals surface area contributed by atoms with Gasteiger partial charge in [0.25, 0.3) is 0 Å². The summed E-state index contributed by atoms with van der Waals surface area (Å²) >= 11 is 0. The molecule has 1 aromatic rings. The predicted octanol–water partition coefficient (Wildman–Crippen LogP) is 1.52. The normalized spacial score (nSPS) is 11.0. The van der Waals surface area contributed by atoms with Crippen LogP contribution in [0, 0.1) is 5.82 Å². The molecule has 3 N–H and O–H groups in total. The highest BCUT2D eigenvalue weighted by atomic mass is 19.1. The molecule has 0 aliphatic carbocycles. The van der Waals surface area contributed by atoms with E-state index in [0.29, 0.717) is 5.75 Å². The van der Waals surface area contributed by atoms with E-state index in [1.165, 1.54) is 34.1 Å². The fourth-order valence-corrected chi connectivity index (χ4v) is 1.23. The SMILES string of the molecule is COc1cc(F)c(NC(=O)C(C)(C)N)cc1OC. The van der Waals surface area contributed by atoms with Gasteiger partial charge in [-0.3, -0.25) is 4.79 Å². The van der Waals surface area contributed by atoms with Gasteiger partial charge < -0.3 is 20.5 Å². The average molecular weight is 256 g/mol. The topological polar surface area (TPSA) is 73.6 Å². The van der Waals surface area contributed by atoms with Crippen LogP contribution in [0.25, 0.3) is 0 Å². The lowest BCUT2D eigenvalue weighted by Crippen LogP contribution is -2.45. The third kappa shape index (κ3) is 3.10. The number of amides is 1. The molecule has 1 amide bonds. The van der Waals surface area contributed by atoms with Crippen LogP contribution in [0.5, 0.6) is 11.5 Å². The zero-order chi connectivity index (χ0) is 13.9. The molecule has 0 saturated heterocycles. The van der Waals surface area contributed by atoms with Crippen molar-refractivity contribution in [1.29, 1.82) is 0 Å². The van der Waals surface area contributed by atoms with E-state index in [1.54, 1.807) is 0 Å². The number of benzene rings is 1. The summed E-state index contributed by atoms with van der Waals surface area (Å²) in [6, 6.07) is 2.48. The van der Waals surface area contributed by atoms with E-state index in [-0.39, 0.29) is 11.4 Å². The number of hydrogen-bond acceptors (Lipinski definition) is 4. The maximum Gasteiger partial charge on any atom is 0.243 e. The van der Waals surface area contributed by atoms with Gasteiger partial charge in [0.15, 0.2) is 17.3 Å². The fourth-order valence-electron chi connectivity index (χ4n) is 1.23. The Bertz CT molecular complexity index is 455. The Labute approximate surface area is 105 Å². The molecule has 5 nitrogen and oxygen atoms in total. The summed E-state index contributed by atoms with van der Waals surface area (Å²) in [5.74, 6) is -0.539. The van der Waals surface area contributed by atoms with E-state index >= 15 is 0 Å². The van der Waals surface area contributed by atoms with Crippen LogP contribution < -0.4 is 20.5 Å². The second-order valence-electron chi connectivity index (χ2n) is 4.36. The maximum atomic E-state index is 13.7. The van der Waals surface area contributed by atoms with Gasteiger partial charge >= 0.3 is 0 Å². The number of rotatable bonds is 4. The van der Waals surface area contributed by atoms with Crippen molar-refractivity contribution in [2.75, 3.05) is 19.5 Å². The first-order valence-corrected chi connectivity index (χ1v) is 5.31. The molecule has 0 saturated carbocycles. The molecule has 1 rings (SSSR count). The second kappa shape index (κ2) is 5.22. The number of nitrogens with one attached hydrogen (secondary N) is 1.